The van der Waals surface area contributed by atoms with E-state index in [1.54, 1.807) is 0 Å². The van der Waals surface area contributed by atoms with E-state index in [-0.39, 0.29) is 0 Å². The number of likely N-dealkylation sites (N-methyl/N-ethyl adjacent to an activating group) is 1. The maximum absolute atomic E-state index is 4.18. The number of pyridine rings is 1. The predicted octanol–water partition coefficient (Wildman–Crippen LogP) is 3.67. The van der Waals surface area contributed by atoms with Crippen LogP contribution < -0.4 is 5.32 Å². The zero-order chi connectivity index (χ0) is 13.2. The smallest absolute Gasteiger partial charge is 0.0270 e. The Kier molecular flexibility index (Phi) is 3.62. The summed E-state index contributed by atoms with van der Waals surface area (Å²) >= 11 is 0. The van der Waals surface area contributed by atoms with E-state index in [2.05, 4.69) is 29.5 Å². The van der Waals surface area contributed by atoms with E-state index in [0.717, 1.165) is 6.54 Å². The molecule has 3 rings (SSSR count). The molecular weight excluding hydrogens is 232 g/mol. The largest absolute Gasteiger partial charge is 0.319 e. The summed E-state index contributed by atoms with van der Waals surface area (Å²) in [7, 11) is 2.08. The summed E-state index contributed by atoms with van der Waals surface area (Å²) in [6.07, 6.45) is 15.4. The second-order valence-electron chi connectivity index (χ2n) is 6.81. The fourth-order valence-electron chi connectivity index (χ4n) is 4.69. The lowest BCUT2D eigenvalue weighted by Crippen LogP contribution is -2.54. The molecule has 2 saturated carbocycles. The van der Waals surface area contributed by atoms with Crippen LogP contribution in [0.25, 0.3) is 0 Å². The van der Waals surface area contributed by atoms with Crippen molar-refractivity contribution in [2.45, 2.75) is 56.8 Å². The molecule has 0 bridgehead atoms. The SMILES string of the molecule is CNCC1(c2ccncc2)CC2(CCCCCC2)C1. The van der Waals surface area contributed by atoms with Gasteiger partial charge in [0.2, 0.25) is 0 Å². The van der Waals surface area contributed by atoms with Gasteiger partial charge in [0.25, 0.3) is 0 Å². The van der Waals surface area contributed by atoms with Gasteiger partial charge < -0.3 is 5.32 Å². The first kappa shape index (κ1) is 13.1. The van der Waals surface area contributed by atoms with Gasteiger partial charge in [0.1, 0.15) is 0 Å². The first-order valence-corrected chi connectivity index (χ1v) is 7.84. The maximum Gasteiger partial charge on any atom is 0.0270 e. The lowest BCUT2D eigenvalue weighted by molar-refractivity contribution is 0.00716. The molecule has 0 aliphatic heterocycles. The number of nitrogens with one attached hydrogen (secondary N) is 1. The molecule has 2 heteroatoms. The topological polar surface area (TPSA) is 24.9 Å². The van der Waals surface area contributed by atoms with Gasteiger partial charge in [0.05, 0.1) is 0 Å². The molecule has 0 amide bonds. The second-order valence-corrected chi connectivity index (χ2v) is 6.81. The first-order valence-electron chi connectivity index (χ1n) is 7.84. The van der Waals surface area contributed by atoms with Crippen molar-refractivity contribution in [1.82, 2.24) is 10.3 Å². The summed E-state index contributed by atoms with van der Waals surface area (Å²) in [4.78, 5) is 4.18. The van der Waals surface area contributed by atoms with Gasteiger partial charge in [-0.3, -0.25) is 4.98 Å². The second kappa shape index (κ2) is 5.24. The van der Waals surface area contributed by atoms with Crippen molar-refractivity contribution in [3.63, 3.8) is 0 Å². The molecule has 2 aliphatic carbocycles. The van der Waals surface area contributed by atoms with E-state index in [1.807, 2.05) is 12.4 Å². The highest BCUT2D eigenvalue weighted by molar-refractivity contribution is 5.30. The van der Waals surface area contributed by atoms with Crippen molar-refractivity contribution in [3.8, 4) is 0 Å². The summed E-state index contributed by atoms with van der Waals surface area (Å²) in [5, 5.41) is 3.43. The molecule has 104 valence electrons. The first-order chi connectivity index (χ1) is 9.29. The minimum atomic E-state index is 0.377. The summed E-state index contributed by atoms with van der Waals surface area (Å²) in [6.45, 7) is 1.11. The van der Waals surface area contributed by atoms with Crippen molar-refractivity contribution < 1.29 is 0 Å². The molecule has 1 aromatic rings. The van der Waals surface area contributed by atoms with Crippen LogP contribution in [0.2, 0.25) is 0 Å². The fraction of sp³-hybridized carbons (Fsp3) is 0.706. The Bertz CT molecular complexity index is 397. The Morgan fingerprint density at radius 1 is 1.05 bits per heavy atom. The zero-order valence-corrected chi connectivity index (χ0v) is 12.1. The van der Waals surface area contributed by atoms with Gasteiger partial charge in [0, 0.05) is 24.4 Å². The summed E-state index contributed by atoms with van der Waals surface area (Å²) in [5.41, 5.74) is 2.53. The van der Waals surface area contributed by atoms with E-state index in [9.17, 15) is 0 Å². The van der Waals surface area contributed by atoms with E-state index >= 15 is 0 Å². The third kappa shape index (κ3) is 2.43. The molecule has 0 aromatic carbocycles. The normalized spacial score (nSPS) is 24.7. The molecule has 0 radical (unpaired) electrons. The highest BCUT2D eigenvalue weighted by Gasteiger charge is 2.53. The number of nitrogens with zero attached hydrogens (tertiary/aromatic N) is 1. The third-order valence-corrected chi connectivity index (χ3v) is 5.40. The van der Waals surface area contributed by atoms with Gasteiger partial charge in [-0.1, -0.05) is 25.7 Å². The molecule has 1 heterocycles. The van der Waals surface area contributed by atoms with Gasteiger partial charge >= 0.3 is 0 Å². The summed E-state index contributed by atoms with van der Waals surface area (Å²) < 4.78 is 0. The van der Waals surface area contributed by atoms with Gasteiger partial charge in [-0.2, -0.15) is 0 Å². The van der Waals surface area contributed by atoms with Crippen LogP contribution in [-0.2, 0) is 5.41 Å². The Labute approximate surface area is 117 Å². The Morgan fingerprint density at radius 3 is 2.26 bits per heavy atom. The van der Waals surface area contributed by atoms with Crippen molar-refractivity contribution in [2.24, 2.45) is 5.41 Å². The van der Waals surface area contributed by atoms with Gasteiger partial charge in [0.15, 0.2) is 0 Å². The predicted molar refractivity (Wildman–Crippen MR) is 79.2 cm³/mol. The van der Waals surface area contributed by atoms with Crippen LogP contribution in [0.4, 0.5) is 0 Å². The lowest BCUT2D eigenvalue weighted by atomic mass is 9.48. The van der Waals surface area contributed by atoms with Crippen molar-refractivity contribution in [1.29, 1.82) is 0 Å². The maximum atomic E-state index is 4.18. The Balaban J connectivity index is 1.78. The highest BCUT2D eigenvalue weighted by atomic mass is 14.8. The van der Waals surface area contributed by atoms with Crippen LogP contribution in [0.5, 0.6) is 0 Å². The number of hydrogen-bond donors (Lipinski definition) is 1. The summed E-state index contributed by atoms with van der Waals surface area (Å²) in [5.74, 6) is 0. The molecule has 0 atom stereocenters. The third-order valence-electron chi connectivity index (χ3n) is 5.40. The molecule has 2 nitrogen and oxygen atoms in total. The van der Waals surface area contributed by atoms with E-state index in [1.165, 1.54) is 56.9 Å². The van der Waals surface area contributed by atoms with Crippen molar-refractivity contribution in [3.05, 3.63) is 30.1 Å². The van der Waals surface area contributed by atoms with E-state index < -0.39 is 0 Å². The Hall–Kier alpha value is -0.890. The van der Waals surface area contributed by atoms with Crippen LogP contribution in [0.1, 0.15) is 56.9 Å². The molecule has 0 unspecified atom stereocenters. The standard InChI is InChI=1S/C17H26N2/c1-18-14-17(15-6-10-19-11-7-15)12-16(13-17)8-4-2-3-5-9-16/h6-7,10-11,18H,2-5,8-9,12-14H2,1H3. The zero-order valence-electron chi connectivity index (χ0n) is 12.1. The average molecular weight is 258 g/mol. The van der Waals surface area contributed by atoms with Crippen LogP contribution in [0.3, 0.4) is 0 Å². The van der Waals surface area contributed by atoms with Crippen molar-refractivity contribution >= 4 is 0 Å². The summed E-state index contributed by atoms with van der Waals surface area (Å²) in [6, 6.07) is 4.45. The number of hydrogen-bond acceptors (Lipinski definition) is 2. The van der Waals surface area contributed by atoms with Crippen molar-refractivity contribution in [2.75, 3.05) is 13.6 Å². The molecule has 1 spiro atoms. The lowest BCUT2D eigenvalue weighted by Gasteiger charge is -2.57. The van der Waals surface area contributed by atoms with E-state index in [4.69, 9.17) is 0 Å². The van der Waals surface area contributed by atoms with Crippen LogP contribution >= 0.6 is 0 Å². The molecular formula is C17H26N2. The van der Waals surface area contributed by atoms with E-state index in [0.29, 0.717) is 10.8 Å². The van der Waals surface area contributed by atoms with Crippen LogP contribution in [-0.4, -0.2) is 18.6 Å². The Morgan fingerprint density at radius 2 is 1.68 bits per heavy atom. The quantitative estimate of drug-likeness (QED) is 0.894. The molecule has 1 aromatic heterocycles. The number of aromatic nitrogens is 1. The molecule has 1 N–H and O–H groups in total. The monoisotopic (exact) mass is 258 g/mol. The molecule has 2 aliphatic rings. The van der Waals surface area contributed by atoms with Gasteiger partial charge in [-0.05, 0) is 55.8 Å². The molecule has 19 heavy (non-hydrogen) atoms. The van der Waals surface area contributed by atoms with Gasteiger partial charge in [-0.25, -0.2) is 0 Å². The average Bonchev–Trinajstić information content (AvgIpc) is 2.65. The minimum absolute atomic E-state index is 0.377. The fourth-order valence-corrected chi connectivity index (χ4v) is 4.69. The molecule has 2 fully saturated rings. The van der Waals surface area contributed by atoms with Gasteiger partial charge in [-0.15, -0.1) is 0 Å². The minimum Gasteiger partial charge on any atom is -0.319 e. The van der Waals surface area contributed by atoms with Crippen LogP contribution in [0.15, 0.2) is 24.5 Å². The highest BCUT2D eigenvalue weighted by Crippen LogP contribution is 2.60. The van der Waals surface area contributed by atoms with Crippen LogP contribution in [0, 0.1) is 5.41 Å². The molecule has 0 saturated heterocycles. The number of rotatable bonds is 3.